The molecule has 9 heteroatoms. The first-order valence-electron chi connectivity index (χ1n) is 7.09. The van der Waals surface area contributed by atoms with Crippen LogP contribution in [0.3, 0.4) is 0 Å². The second-order valence-corrected chi connectivity index (χ2v) is 5.51. The summed E-state index contributed by atoms with van der Waals surface area (Å²) in [6, 6.07) is 11.2. The number of hydrazine groups is 1. The van der Waals surface area contributed by atoms with E-state index in [0.29, 0.717) is 22.7 Å². The average Bonchev–Trinajstić information content (AvgIpc) is 3.02. The van der Waals surface area contributed by atoms with Gasteiger partial charge in [-0.15, -0.1) is 0 Å². The zero-order valence-corrected chi connectivity index (χ0v) is 13.5. The van der Waals surface area contributed by atoms with Gasteiger partial charge in [0.05, 0.1) is 5.69 Å². The van der Waals surface area contributed by atoms with Crippen LogP contribution < -0.4 is 27.5 Å². The number of rotatable bonds is 5. The van der Waals surface area contributed by atoms with Crippen LogP contribution in [-0.2, 0) is 6.61 Å². The number of nitrogen functional groups attached to an aromatic ring is 3. The van der Waals surface area contributed by atoms with Crippen molar-refractivity contribution in [2.75, 3.05) is 16.9 Å². The summed E-state index contributed by atoms with van der Waals surface area (Å²) in [6.07, 6.45) is 1.86. The maximum Gasteiger partial charge on any atom is 0.169 e. The fourth-order valence-corrected chi connectivity index (χ4v) is 2.38. The fraction of sp³-hybridized carbons (Fsp3) is 0.0667. The minimum atomic E-state index is 0.265. The van der Waals surface area contributed by atoms with E-state index in [4.69, 9.17) is 34.3 Å². The Morgan fingerprint density at radius 1 is 1.25 bits per heavy atom. The van der Waals surface area contributed by atoms with Gasteiger partial charge in [-0.1, -0.05) is 24.4 Å². The molecule has 8 N–H and O–H groups in total. The number of ether oxygens (including phenoxy) is 1. The molecule has 0 unspecified atom stereocenters. The molecule has 3 aromatic rings. The number of anilines is 3. The van der Waals surface area contributed by atoms with E-state index in [9.17, 15) is 0 Å². The van der Waals surface area contributed by atoms with E-state index >= 15 is 0 Å². The lowest BCUT2D eigenvalue weighted by Gasteiger charge is -2.13. The van der Waals surface area contributed by atoms with Crippen molar-refractivity contribution in [2.45, 2.75) is 6.61 Å². The lowest BCUT2D eigenvalue weighted by molar-refractivity contribution is 0.308. The van der Waals surface area contributed by atoms with Crippen LogP contribution in [0.2, 0.25) is 0 Å². The summed E-state index contributed by atoms with van der Waals surface area (Å²) in [6.45, 7) is 0.313. The first-order valence-corrected chi connectivity index (χ1v) is 7.50. The Hall–Kier alpha value is -3.04. The van der Waals surface area contributed by atoms with Crippen molar-refractivity contribution < 1.29 is 4.74 Å². The highest BCUT2D eigenvalue weighted by Gasteiger charge is 2.09. The van der Waals surface area contributed by atoms with Crippen LogP contribution in [0.15, 0.2) is 42.6 Å². The van der Waals surface area contributed by atoms with Crippen LogP contribution in [-0.4, -0.2) is 14.8 Å². The van der Waals surface area contributed by atoms with E-state index in [1.807, 2.05) is 41.2 Å². The minimum Gasteiger partial charge on any atom is -0.486 e. The minimum absolute atomic E-state index is 0.265. The van der Waals surface area contributed by atoms with Crippen molar-refractivity contribution in [3.8, 4) is 11.4 Å². The summed E-state index contributed by atoms with van der Waals surface area (Å²) in [7, 11) is 0. The van der Waals surface area contributed by atoms with E-state index in [0.717, 1.165) is 11.3 Å². The average molecular weight is 343 g/mol. The quantitative estimate of drug-likeness (QED) is 0.272. The standard InChI is InChI=1S/C15H17N7OS/c16-12-7-11(14(17)15(19-12)20-18)23-8-9-2-1-3-10(6-9)22-5-4-13(24)21-22/h1-7H,8,17-18H2,(H,21,24)(H3,16,19,20). The molecular weight excluding hydrogens is 326 g/mol. The fourth-order valence-electron chi connectivity index (χ4n) is 2.22. The van der Waals surface area contributed by atoms with Gasteiger partial charge in [-0.3, -0.25) is 9.78 Å². The van der Waals surface area contributed by atoms with Gasteiger partial charge in [0.25, 0.3) is 0 Å². The van der Waals surface area contributed by atoms with Crippen molar-refractivity contribution in [1.82, 2.24) is 14.8 Å². The van der Waals surface area contributed by atoms with E-state index in [1.165, 1.54) is 0 Å². The van der Waals surface area contributed by atoms with Gasteiger partial charge in [0.15, 0.2) is 5.82 Å². The molecule has 0 atom stereocenters. The summed E-state index contributed by atoms with van der Waals surface area (Å²) in [5, 5.41) is 3.05. The number of hydrogen-bond acceptors (Lipinski definition) is 7. The van der Waals surface area contributed by atoms with E-state index in [2.05, 4.69) is 15.5 Å². The molecule has 0 saturated heterocycles. The molecule has 0 fully saturated rings. The third-order valence-electron chi connectivity index (χ3n) is 3.37. The molecule has 0 spiro atoms. The summed E-state index contributed by atoms with van der Waals surface area (Å²) in [4.78, 5) is 3.98. The Bertz CT molecular complexity index is 918. The lowest BCUT2D eigenvalue weighted by atomic mass is 10.2. The van der Waals surface area contributed by atoms with Crippen LogP contribution in [0.5, 0.6) is 5.75 Å². The predicted molar refractivity (Wildman–Crippen MR) is 96.2 cm³/mol. The number of aromatic amines is 1. The van der Waals surface area contributed by atoms with Crippen molar-refractivity contribution >= 4 is 29.5 Å². The summed E-state index contributed by atoms with van der Waals surface area (Å²) < 4.78 is 8.26. The molecule has 0 aliphatic heterocycles. The largest absolute Gasteiger partial charge is 0.486 e. The molecule has 3 rings (SSSR count). The van der Waals surface area contributed by atoms with Gasteiger partial charge in [-0.2, -0.15) is 0 Å². The molecule has 8 nitrogen and oxygen atoms in total. The van der Waals surface area contributed by atoms with E-state index in [-0.39, 0.29) is 11.6 Å². The van der Waals surface area contributed by atoms with Gasteiger partial charge in [0.1, 0.15) is 28.5 Å². The molecule has 0 amide bonds. The number of H-pyrrole nitrogens is 1. The zero-order chi connectivity index (χ0) is 17.1. The number of nitrogens with one attached hydrogen (secondary N) is 2. The Morgan fingerprint density at radius 3 is 2.79 bits per heavy atom. The highest BCUT2D eigenvalue weighted by atomic mass is 32.1. The second-order valence-electron chi connectivity index (χ2n) is 5.07. The van der Waals surface area contributed by atoms with Gasteiger partial charge >= 0.3 is 0 Å². The number of benzene rings is 1. The summed E-state index contributed by atoms with van der Waals surface area (Å²) in [5.74, 6) is 6.32. The summed E-state index contributed by atoms with van der Waals surface area (Å²) >= 11 is 5.08. The number of aromatic nitrogens is 3. The van der Waals surface area contributed by atoms with Crippen LogP contribution >= 0.6 is 12.2 Å². The Labute approximate surface area is 143 Å². The monoisotopic (exact) mass is 343 g/mol. The summed E-state index contributed by atoms with van der Waals surface area (Å²) in [5.41, 5.74) is 16.3. The van der Waals surface area contributed by atoms with Crippen molar-refractivity contribution in [1.29, 1.82) is 0 Å². The number of hydrogen-bond donors (Lipinski definition) is 5. The molecule has 0 radical (unpaired) electrons. The van der Waals surface area contributed by atoms with Gasteiger partial charge in [0.2, 0.25) is 0 Å². The van der Waals surface area contributed by atoms with Crippen molar-refractivity contribution in [3.05, 3.63) is 52.8 Å². The van der Waals surface area contributed by atoms with Crippen molar-refractivity contribution in [2.24, 2.45) is 5.84 Å². The van der Waals surface area contributed by atoms with E-state index in [1.54, 1.807) is 6.07 Å². The molecule has 2 aromatic heterocycles. The Balaban J connectivity index is 1.80. The molecular formula is C15H17N7OS. The maximum absolute atomic E-state index is 5.94. The number of pyridine rings is 1. The molecule has 0 aliphatic rings. The highest BCUT2D eigenvalue weighted by molar-refractivity contribution is 7.71. The normalized spacial score (nSPS) is 10.5. The molecule has 0 aliphatic carbocycles. The molecule has 24 heavy (non-hydrogen) atoms. The maximum atomic E-state index is 5.94. The van der Waals surface area contributed by atoms with Crippen LogP contribution in [0.1, 0.15) is 5.56 Å². The lowest BCUT2D eigenvalue weighted by Crippen LogP contribution is -2.13. The van der Waals surface area contributed by atoms with Gasteiger partial charge < -0.3 is 21.6 Å². The first-order chi connectivity index (χ1) is 11.6. The Morgan fingerprint density at radius 2 is 2.08 bits per heavy atom. The second kappa shape index (κ2) is 6.60. The topological polar surface area (TPSA) is 133 Å². The first kappa shape index (κ1) is 15.8. The molecule has 1 aromatic carbocycles. The van der Waals surface area contributed by atoms with Crippen LogP contribution in [0, 0.1) is 4.64 Å². The van der Waals surface area contributed by atoms with Crippen LogP contribution in [0.25, 0.3) is 5.69 Å². The smallest absolute Gasteiger partial charge is 0.169 e. The number of nitrogens with zero attached hydrogens (tertiary/aromatic N) is 2. The third kappa shape index (κ3) is 3.31. The molecule has 124 valence electrons. The zero-order valence-electron chi connectivity index (χ0n) is 12.7. The third-order valence-corrected chi connectivity index (χ3v) is 3.59. The molecule has 0 bridgehead atoms. The van der Waals surface area contributed by atoms with Crippen molar-refractivity contribution in [3.63, 3.8) is 0 Å². The molecule has 0 saturated carbocycles. The molecule has 2 heterocycles. The van der Waals surface area contributed by atoms with E-state index < -0.39 is 0 Å². The highest BCUT2D eigenvalue weighted by Crippen LogP contribution is 2.30. The van der Waals surface area contributed by atoms with Crippen LogP contribution in [0.4, 0.5) is 17.3 Å². The van der Waals surface area contributed by atoms with Gasteiger partial charge in [-0.25, -0.2) is 10.8 Å². The Kier molecular flexibility index (Phi) is 4.36. The number of nitrogens with two attached hydrogens (primary N) is 3. The predicted octanol–water partition coefficient (Wildman–Crippen LogP) is 1.96. The van der Waals surface area contributed by atoms with Gasteiger partial charge in [0, 0.05) is 12.3 Å². The van der Waals surface area contributed by atoms with Gasteiger partial charge in [-0.05, 0) is 23.8 Å². The SMILES string of the molecule is NNc1nc(N)cc(OCc2cccc(-n3ccc(=S)[nH]3)c2)c1N.